The minimum Gasteiger partial charge on any atom is -0.166 e. The van der Waals surface area contributed by atoms with Gasteiger partial charge in [0.1, 0.15) is 0 Å². The van der Waals surface area contributed by atoms with E-state index in [0.29, 0.717) is 29.5 Å². The van der Waals surface area contributed by atoms with Gasteiger partial charge in [0.25, 0.3) is 0 Å². The van der Waals surface area contributed by atoms with Gasteiger partial charge in [-0.2, -0.15) is 13.2 Å². The van der Waals surface area contributed by atoms with Crippen molar-refractivity contribution in [3.63, 3.8) is 0 Å². The van der Waals surface area contributed by atoms with Gasteiger partial charge in [0.2, 0.25) is 0 Å². The van der Waals surface area contributed by atoms with Crippen molar-refractivity contribution in [1.29, 1.82) is 0 Å². The van der Waals surface area contributed by atoms with Crippen LogP contribution in [0.2, 0.25) is 0 Å². The molecule has 5 aromatic carbocycles. The highest BCUT2D eigenvalue weighted by molar-refractivity contribution is 5.98. The van der Waals surface area contributed by atoms with E-state index >= 15 is 0 Å². The number of alkyl halides is 3. The average Bonchev–Trinajstić information content (AvgIpc) is 3.46. The quantitative estimate of drug-likeness (QED) is 0.234. The molecule has 2 aliphatic carbocycles. The van der Waals surface area contributed by atoms with E-state index in [9.17, 15) is 13.2 Å². The largest absolute Gasteiger partial charge is 0.417 e. The van der Waals surface area contributed by atoms with E-state index in [-0.39, 0.29) is 5.56 Å². The Morgan fingerprint density at radius 3 is 1.72 bits per heavy atom. The van der Waals surface area contributed by atoms with Gasteiger partial charge in [-0.05, 0) is 80.1 Å². The maximum atomic E-state index is 14.8. The van der Waals surface area contributed by atoms with Gasteiger partial charge in [0.05, 0.1) is 5.56 Å². The third-order valence-electron chi connectivity index (χ3n) is 7.60. The second-order valence-corrected chi connectivity index (χ2v) is 9.56. The van der Waals surface area contributed by atoms with Crippen LogP contribution in [-0.2, 0) is 19.0 Å². The standard InChI is InChI=1S/C33H21F3/c34-33(35,36)30-19-28-24-14-7-5-12-22(24)18-29(28)32(31(30)20-9-2-1-3-10-20)26-16-8-15-25-23-13-6-4-11-21(23)17-27(25)26/h1-16,19H,17-18H2. The summed E-state index contributed by atoms with van der Waals surface area (Å²) in [5.41, 5.74) is 10.2. The molecule has 0 unspecified atom stereocenters. The lowest BCUT2D eigenvalue weighted by atomic mass is 9.82. The smallest absolute Gasteiger partial charge is 0.166 e. The monoisotopic (exact) mass is 474 g/mol. The van der Waals surface area contributed by atoms with Crippen LogP contribution in [0.4, 0.5) is 13.2 Å². The van der Waals surface area contributed by atoms with Gasteiger partial charge < -0.3 is 0 Å². The molecule has 0 atom stereocenters. The summed E-state index contributed by atoms with van der Waals surface area (Å²) in [5.74, 6) is 0. The lowest BCUT2D eigenvalue weighted by Gasteiger charge is -2.23. The minimum atomic E-state index is -4.49. The molecule has 0 heterocycles. The first-order chi connectivity index (χ1) is 17.5. The predicted molar refractivity (Wildman–Crippen MR) is 139 cm³/mol. The third-order valence-corrected chi connectivity index (χ3v) is 7.60. The first-order valence-corrected chi connectivity index (χ1v) is 12.1. The Hall–Kier alpha value is -4.11. The fourth-order valence-corrected chi connectivity index (χ4v) is 6.09. The minimum absolute atomic E-state index is 0.277. The molecule has 0 radical (unpaired) electrons. The first-order valence-electron chi connectivity index (χ1n) is 12.1. The molecule has 0 saturated heterocycles. The van der Waals surface area contributed by atoms with Crippen LogP contribution in [0.5, 0.6) is 0 Å². The zero-order chi connectivity index (χ0) is 24.4. The van der Waals surface area contributed by atoms with Crippen molar-refractivity contribution >= 4 is 0 Å². The van der Waals surface area contributed by atoms with Crippen LogP contribution in [0.25, 0.3) is 44.5 Å². The molecule has 0 aliphatic heterocycles. The molecule has 7 rings (SSSR count). The van der Waals surface area contributed by atoms with E-state index in [1.807, 2.05) is 66.7 Å². The zero-order valence-corrected chi connectivity index (χ0v) is 19.4. The Morgan fingerprint density at radius 1 is 0.472 bits per heavy atom. The van der Waals surface area contributed by atoms with Gasteiger partial charge in [-0.15, -0.1) is 0 Å². The molecule has 0 saturated carbocycles. The van der Waals surface area contributed by atoms with Crippen LogP contribution >= 0.6 is 0 Å². The molecule has 0 N–H and O–H groups in total. The second-order valence-electron chi connectivity index (χ2n) is 9.56. The highest BCUT2D eigenvalue weighted by atomic mass is 19.4. The number of benzene rings is 5. The number of hydrogen-bond acceptors (Lipinski definition) is 0. The SMILES string of the molecule is FC(F)(F)c1cc2c(c(-c3cccc4c3Cc3ccccc3-4)c1-c1ccccc1)Cc1ccccc1-2. The van der Waals surface area contributed by atoms with Crippen LogP contribution < -0.4 is 0 Å². The van der Waals surface area contributed by atoms with Gasteiger partial charge in [-0.1, -0.05) is 97.1 Å². The van der Waals surface area contributed by atoms with Crippen LogP contribution in [0.3, 0.4) is 0 Å². The molecule has 36 heavy (non-hydrogen) atoms. The molecular weight excluding hydrogens is 453 g/mol. The Balaban J connectivity index is 1.61. The van der Waals surface area contributed by atoms with E-state index in [4.69, 9.17) is 0 Å². The molecule has 0 amide bonds. The summed E-state index contributed by atoms with van der Waals surface area (Å²) >= 11 is 0. The third kappa shape index (κ3) is 3.09. The highest BCUT2D eigenvalue weighted by Gasteiger charge is 2.39. The average molecular weight is 475 g/mol. The van der Waals surface area contributed by atoms with Crippen LogP contribution in [-0.4, -0.2) is 0 Å². The number of rotatable bonds is 2. The van der Waals surface area contributed by atoms with Gasteiger partial charge >= 0.3 is 6.18 Å². The van der Waals surface area contributed by atoms with Crippen LogP contribution in [0, 0.1) is 0 Å². The molecule has 174 valence electrons. The van der Waals surface area contributed by atoms with E-state index in [1.54, 1.807) is 12.1 Å². The van der Waals surface area contributed by atoms with Gasteiger partial charge in [-0.3, -0.25) is 0 Å². The van der Waals surface area contributed by atoms with E-state index in [2.05, 4.69) is 18.2 Å². The number of fused-ring (bicyclic) bond motifs is 6. The summed E-state index contributed by atoms with van der Waals surface area (Å²) in [5, 5.41) is 0. The molecule has 0 aromatic heterocycles. The highest BCUT2D eigenvalue weighted by Crippen LogP contribution is 2.53. The fraction of sp³-hybridized carbons (Fsp3) is 0.0909. The summed E-state index contributed by atoms with van der Waals surface area (Å²) in [6, 6.07) is 32.6. The molecule has 0 fully saturated rings. The van der Waals surface area contributed by atoms with Gasteiger partial charge in [0, 0.05) is 5.56 Å². The lowest BCUT2D eigenvalue weighted by Crippen LogP contribution is -2.10. The molecule has 0 spiro atoms. The normalized spacial score (nSPS) is 13.2. The van der Waals surface area contributed by atoms with E-state index < -0.39 is 11.7 Å². The van der Waals surface area contributed by atoms with Crippen molar-refractivity contribution in [1.82, 2.24) is 0 Å². The number of halogens is 3. The summed E-state index contributed by atoms with van der Waals surface area (Å²) in [4.78, 5) is 0. The Bertz CT molecular complexity index is 1660. The second kappa shape index (κ2) is 7.69. The van der Waals surface area contributed by atoms with Crippen molar-refractivity contribution in [2.24, 2.45) is 0 Å². The molecule has 0 bridgehead atoms. The van der Waals surface area contributed by atoms with Crippen molar-refractivity contribution in [3.8, 4) is 44.5 Å². The summed E-state index contributed by atoms with van der Waals surface area (Å²) in [6.45, 7) is 0. The molecule has 2 aliphatic rings. The van der Waals surface area contributed by atoms with Crippen molar-refractivity contribution < 1.29 is 13.2 Å². The Labute approximate surface area is 207 Å². The Morgan fingerprint density at radius 2 is 1.03 bits per heavy atom. The molecular formula is C33H21F3. The van der Waals surface area contributed by atoms with Crippen molar-refractivity contribution in [2.75, 3.05) is 0 Å². The topological polar surface area (TPSA) is 0 Å². The fourth-order valence-electron chi connectivity index (χ4n) is 6.09. The van der Waals surface area contributed by atoms with Crippen molar-refractivity contribution in [2.45, 2.75) is 19.0 Å². The van der Waals surface area contributed by atoms with Crippen molar-refractivity contribution in [3.05, 3.63) is 131 Å². The maximum absolute atomic E-state index is 14.8. The maximum Gasteiger partial charge on any atom is 0.417 e. The van der Waals surface area contributed by atoms with E-state index in [1.165, 1.54) is 17.2 Å². The lowest BCUT2D eigenvalue weighted by molar-refractivity contribution is -0.137. The zero-order valence-electron chi connectivity index (χ0n) is 19.4. The van der Waals surface area contributed by atoms with Crippen LogP contribution in [0.1, 0.15) is 27.8 Å². The Kier molecular flexibility index (Phi) is 4.53. The number of hydrogen-bond donors (Lipinski definition) is 0. The molecule has 3 heteroatoms. The summed E-state index contributed by atoms with van der Waals surface area (Å²) in [7, 11) is 0. The first kappa shape index (κ1) is 21.2. The molecule has 5 aromatic rings. The van der Waals surface area contributed by atoms with Crippen LogP contribution in [0.15, 0.2) is 103 Å². The predicted octanol–water partition coefficient (Wildman–Crippen LogP) is 9.18. The summed E-state index contributed by atoms with van der Waals surface area (Å²) < 4.78 is 44.3. The molecule has 0 nitrogen and oxygen atoms in total. The summed E-state index contributed by atoms with van der Waals surface area (Å²) in [6.07, 6.45) is -3.16. The van der Waals surface area contributed by atoms with E-state index in [0.717, 1.165) is 33.4 Å². The van der Waals surface area contributed by atoms with Gasteiger partial charge in [-0.25, -0.2) is 0 Å². The van der Waals surface area contributed by atoms with Gasteiger partial charge in [0.15, 0.2) is 0 Å².